The van der Waals surface area contributed by atoms with Crippen molar-refractivity contribution in [3.05, 3.63) is 54.0 Å². The minimum Gasteiger partial charge on any atom is -0.349 e. The van der Waals surface area contributed by atoms with Crippen molar-refractivity contribution in [2.45, 2.75) is 19.4 Å². The topological polar surface area (TPSA) is 29.0 Å². The molecule has 0 amide bonds. The molecule has 2 heterocycles. The van der Waals surface area contributed by atoms with Gasteiger partial charge in [-0.3, -0.25) is 0 Å². The zero-order valence-corrected chi connectivity index (χ0v) is 9.87. The summed E-state index contributed by atoms with van der Waals surface area (Å²) in [4.78, 5) is 10.6. The minimum atomic E-state index is 0.384. The molecule has 0 fully saturated rings. The summed E-state index contributed by atoms with van der Waals surface area (Å²) in [5.74, 6) is 1.02. The number of anilines is 1. The quantitative estimate of drug-likeness (QED) is 0.747. The SMILES string of the molecule is CC1c2ccccc2CCN1c1ccncn1. The van der Waals surface area contributed by atoms with Gasteiger partial charge in [-0.1, -0.05) is 24.3 Å². The van der Waals surface area contributed by atoms with Crippen LogP contribution in [0.4, 0.5) is 5.82 Å². The first-order chi connectivity index (χ1) is 8.36. The zero-order valence-electron chi connectivity index (χ0n) is 9.87. The molecule has 0 saturated carbocycles. The molecule has 0 aliphatic carbocycles. The Morgan fingerprint density at radius 1 is 1.24 bits per heavy atom. The van der Waals surface area contributed by atoms with E-state index in [2.05, 4.69) is 46.1 Å². The van der Waals surface area contributed by atoms with Crippen molar-refractivity contribution in [2.75, 3.05) is 11.4 Å². The highest BCUT2D eigenvalue weighted by Gasteiger charge is 2.23. The Kier molecular flexibility index (Phi) is 2.52. The summed E-state index contributed by atoms with van der Waals surface area (Å²) < 4.78 is 0. The Morgan fingerprint density at radius 2 is 2.12 bits per heavy atom. The Labute approximate surface area is 101 Å². The number of hydrogen-bond acceptors (Lipinski definition) is 3. The van der Waals surface area contributed by atoms with Crippen molar-refractivity contribution in [1.82, 2.24) is 9.97 Å². The maximum absolute atomic E-state index is 4.34. The van der Waals surface area contributed by atoms with Crippen LogP contribution in [-0.4, -0.2) is 16.5 Å². The largest absolute Gasteiger partial charge is 0.349 e. The molecule has 2 aromatic rings. The molecule has 1 aliphatic heterocycles. The van der Waals surface area contributed by atoms with Crippen LogP contribution in [0.2, 0.25) is 0 Å². The van der Waals surface area contributed by atoms with Gasteiger partial charge in [0.1, 0.15) is 12.1 Å². The average molecular weight is 225 g/mol. The molecule has 0 saturated heterocycles. The molecule has 1 aromatic carbocycles. The monoisotopic (exact) mass is 225 g/mol. The second-order valence-electron chi connectivity index (χ2n) is 4.39. The summed E-state index contributed by atoms with van der Waals surface area (Å²) in [6.07, 6.45) is 4.50. The van der Waals surface area contributed by atoms with Gasteiger partial charge in [0.15, 0.2) is 0 Å². The van der Waals surface area contributed by atoms with E-state index in [0.29, 0.717) is 6.04 Å². The summed E-state index contributed by atoms with van der Waals surface area (Å²) in [5, 5.41) is 0. The van der Waals surface area contributed by atoms with Crippen LogP contribution in [0.25, 0.3) is 0 Å². The van der Waals surface area contributed by atoms with Crippen LogP contribution in [0.5, 0.6) is 0 Å². The molecule has 0 bridgehead atoms. The third kappa shape index (κ3) is 1.78. The van der Waals surface area contributed by atoms with Gasteiger partial charge < -0.3 is 4.90 Å². The maximum atomic E-state index is 4.34. The van der Waals surface area contributed by atoms with Crippen LogP contribution in [0.3, 0.4) is 0 Å². The number of benzene rings is 1. The first-order valence-electron chi connectivity index (χ1n) is 5.97. The van der Waals surface area contributed by atoms with E-state index in [1.165, 1.54) is 11.1 Å². The predicted molar refractivity (Wildman–Crippen MR) is 67.9 cm³/mol. The molecule has 3 nitrogen and oxygen atoms in total. The van der Waals surface area contributed by atoms with Crippen LogP contribution >= 0.6 is 0 Å². The lowest BCUT2D eigenvalue weighted by molar-refractivity contribution is 0.616. The lowest BCUT2D eigenvalue weighted by atomic mass is 9.94. The first kappa shape index (κ1) is 10.3. The number of hydrogen-bond donors (Lipinski definition) is 0. The Bertz CT molecular complexity index is 510. The highest BCUT2D eigenvalue weighted by molar-refractivity contribution is 5.46. The molecular formula is C14H15N3. The summed E-state index contributed by atoms with van der Waals surface area (Å²) in [5.41, 5.74) is 2.88. The van der Waals surface area contributed by atoms with E-state index >= 15 is 0 Å². The number of aromatic nitrogens is 2. The third-order valence-corrected chi connectivity index (χ3v) is 3.46. The highest BCUT2D eigenvalue weighted by atomic mass is 15.2. The van der Waals surface area contributed by atoms with Gasteiger partial charge in [-0.2, -0.15) is 0 Å². The molecular weight excluding hydrogens is 210 g/mol. The van der Waals surface area contributed by atoms with E-state index in [1.54, 1.807) is 12.5 Å². The van der Waals surface area contributed by atoms with E-state index < -0.39 is 0 Å². The molecule has 0 N–H and O–H groups in total. The van der Waals surface area contributed by atoms with Crippen molar-refractivity contribution in [3.8, 4) is 0 Å². The lowest BCUT2D eigenvalue weighted by Crippen LogP contribution is -2.34. The lowest BCUT2D eigenvalue weighted by Gasteiger charge is -2.36. The van der Waals surface area contributed by atoms with Gasteiger partial charge in [-0.15, -0.1) is 0 Å². The molecule has 1 aromatic heterocycles. The molecule has 3 rings (SSSR count). The van der Waals surface area contributed by atoms with E-state index in [-0.39, 0.29) is 0 Å². The maximum Gasteiger partial charge on any atom is 0.132 e. The van der Waals surface area contributed by atoms with Gasteiger partial charge in [0.2, 0.25) is 0 Å². The van der Waals surface area contributed by atoms with E-state index in [4.69, 9.17) is 0 Å². The molecule has 0 spiro atoms. The molecule has 1 atom stereocenters. The second kappa shape index (κ2) is 4.17. The van der Waals surface area contributed by atoms with Crippen molar-refractivity contribution in [1.29, 1.82) is 0 Å². The summed E-state index contributed by atoms with van der Waals surface area (Å²) in [6, 6.07) is 11.0. The standard InChI is InChI=1S/C14H15N3/c1-11-13-5-3-2-4-12(13)7-9-17(11)14-6-8-15-10-16-14/h2-6,8,10-11H,7,9H2,1H3. The number of fused-ring (bicyclic) bond motifs is 1. The van der Waals surface area contributed by atoms with Gasteiger partial charge >= 0.3 is 0 Å². The fourth-order valence-electron chi connectivity index (χ4n) is 2.54. The summed E-state index contributed by atoms with van der Waals surface area (Å²) in [7, 11) is 0. The van der Waals surface area contributed by atoms with Crippen molar-refractivity contribution >= 4 is 5.82 Å². The second-order valence-corrected chi connectivity index (χ2v) is 4.39. The first-order valence-corrected chi connectivity index (χ1v) is 5.97. The van der Waals surface area contributed by atoms with Crippen molar-refractivity contribution in [2.24, 2.45) is 0 Å². The molecule has 1 unspecified atom stereocenters. The molecule has 86 valence electrons. The normalized spacial score (nSPS) is 18.9. The summed E-state index contributed by atoms with van der Waals surface area (Å²) >= 11 is 0. The smallest absolute Gasteiger partial charge is 0.132 e. The van der Waals surface area contributed by atoms with Crippen LogP contribution in [0.15, 0.2) is 42.9 Å². The molecule has 17 heavy (non-hydrogen) atoms. The van der Waals surface area contributed by atoms with Crippen molar-refractivity contribution < 1.29 is 0 Å². The van der Waals surface area contributed by atoms with Crippen LogP contribution < -0.4 is 4.90 Å². The Balaban J connectivity index is 1.97. The summed E-state index contributed by atoms with van der Waals surface area (Å²) in [6.45, 7) is 3.26. The van der Waals surface area contributed by atoms with Gasteiger partial charge in [-0.25, -0.2) is 9.97 Å². The number of rotatable bonds is 1. The minimum absolute atomic E-state index is 0.384. The van der Waals surface area contributed by atoms with Crippen LogP contribution in [0.1, 0.15) is 24.1 Å². The fourth-order valence-corrected chi connectivity index (χ4v) is 2.54. The predicted octanol–water partition coefficient (Wildman–Crippen LogP) is 2.60. The highest BCUT2D eigenvalue weighted by Crippen LogP contribution is 2.31. The Morgan fingerprint density at radius 3 is 2.94 bits per heavy atom. The fraction of sp³-hybridized carbons (Fsp3) is 0.286. The van der Waals surface area contributed by atoms with Gasteiger partial charge in [0, 0.05) is 12.7 Å². The zero-order chi connectivity index (χ0) is 11.7. The van der Waals surface area contributed by atoms with Crippen molar-refractivity contribution in [3.63, 3.8) is 0 Å². The molecule has 0 radical (unpaired) electrons. The molecule has 3 heteroatoms. The van der Waals surface area contributed by atoms with Crippen LogP contribution in [-0.2, 0) is 6.42 Å². The van der Waals surface area contributed by atoms with E-state index in [1.807, 2.05) is 6.07 Å². The Hall–Kier alpha value is -1.90. The van der Waals surface area contributed by atoms with Crippen LogP contribution in [0, 0.1) is 0 Å². The average Bonchev–Trinajstić information content (AvgIpc) is 2.40. The van der Waals surface area contributed by atoms with Gasteiger partial charge in [-0.05, 0) is 30.5 Å². The third-order valence-electron chi connectivity index (χ3n) is 3.46. The number of nitrogens with zero attached hydrogens (tertiary/aromatic N) is 3. The van der Waals surface area contributed by atoms with E-state index in [0.717, 1.165) is 18.8 Å². The van der Waals surface area contributed by atoms with E-state index in [9.17, 15) is 0 Å². The molecule has 1 aliphatic rings. The van der Waals surface area contributed by atoms with Gasteiger partial charge in [0.25, 0.3) is 0 Å². The van der Waals surface area contributed by atoms with Gasteiger partial charge in [0.05, 0.1) is 6.04 Å².